The first kappa shape index (κ1) is 29.6. The van der Waals surface area contributed by atoms with E-state index in [1.165, 1.54) is 43.3 Å². The van der Waals surface area contributed by atoms with Gasteiger partial charge in [-0.25, -0.2) is 0 Å². The van der Waals surface area contributed by atoms with Crippen LogP contribution in [0.25, 0.3) is 0 Å². The topological polar surface area (TPSA) is 26.3 Å². The smallest absolute Gasteiger partial charge is 0.192 e. The molecule has 36 heavy (non-hydrogen) atoms. The largest absolute Gasteiger partial charge is 0.414 e. The number of fused-ring (bicyclic) bond motifs is 1. The zero-order chi connectivity index (χ0) is 26.9. The summed E-state index contributed by atoms with van der Waals surface area (Å²) in [5.74, 6) is 2.67. The summed E-state index contributed by atoms with van der Waals surface area (Å²) in [7, 11) is -1.76. The third-order valence-electron chi connectivity index (χ3n) is 10.7. The van der Waals surface area contributed by atoms with Crippen molar-refractivity contribution < 1.29 is 9.22 Å². The predicted octanol–water partition coefficient (Wildman–Crippen LogP) is 9.83. The Hall–Kier alpha value is -0.933. The van der Waals surface area contributed by atoms with Crippen LogP contribution >= 0.6 is 0 Å². The van der Waals surface area contributed by atoms with Crippen molar-refractivity contribution in [3.63, 3.8) is 0 Å². The predicted molar refractivity (Wildman–Crippen MR) is 158 cm³/mol. The van der Waals surface area contributed by atoms with Crippen molar-refractivity contribution in [3.05, 3.63) is 35.5 Å². The average molecular weight is 513 g/mol. The van der Waals surface area contributed by atoms with Gasteiger partial charge in [-0.15, -0.1) is 0 Å². The van der Waals surface area contributed by atoms with Crippen LogP contribution in [0.4, 0.5) is 0 Å². The van der Waals surface area contributed by atoms with Gasteiger partial charge in [0.25, 0.3) is 0 Å². The van der Waals surface area contributed by atoms with E-state index in [0.717, 1.165) is 38.0 Å². The number of ketones is 1. The van der Waals surface area contributed by atoms with Crippen molar-refractivity contribution >= 4 is 14.1 Å². The number of rotatable bonds is 8. The molecule has 0 aromatic carbocycles. The number of Topliss-reactive ketones (excluding diaryl/α,β-unsaturated/α-hetero) is 1. The lowest BCUT2D eigenvalue weighted by Gasteiger charge is -2.44. The first-order chi connectivity index (χ1) is 16.7. The van der Waals surface area contributed by atoms with Crippen molar-refractivity contribution in [2.45, 2.75) is 137 Å². The van der Waals surface area contributed by atoms with Crippen molar-refractivity contribution in [1.29, 1.82) is 0 Å². The van der Waals surface area contributed by atoms with Gasteiger partial charge in [0.15, 0.2) is 8.32 Å². The second kappa shape index (κ2) is 11.4. The highest BCUT2D eigenvalue weighted by molar-refractivity contribution is 6.74. The van der Waals surface area contributed by atoms with Gasteiger partial charge in [-0.1, -0.05) is 78.3 Å². The molecule has 0 bridgehead atoms. The molecule has 0 aromatic heterocycles. The normalized spacial score (nSPS) is 32.8. The van der Waals surface area contributed by atoms with E-state index in [-0.39, 0.29) is 11.0 Å². The Bertz CT molecular complexity index is 871. The first-order valence-corrected chi connectivity index (χ1v) is 17.8. The lowest BCUT2D eigenvalue weighted by Crippen LogP contribution is -2.44. The van der Waals surface area contributed by atoms with Crippen molar-refractivity contribution in [2.75, 3.05) is 0 Å². The van der Waals surface area contributed by atoms with E-state index in [1.54, 1.807) is 5.57 Å². The standard InChI is InChI=1S/C33H56O2Si/c1-23(2)31(34)20-14-25(4)29-18-19-30-26(12-11-21-33(29,30)8)15-16-27-22-28(17-13-24(27)3)35-36(9,10)32(5,6)7/h15-16,23,25,28-30H,3,11-14,17-22H2,1-2,4-10H3/b26-15?,27-16-/t25-,28+,29-,30?,33-/m1/s1. The van der Waals surface area contributed by atoms with Gasteiger partial charge in [-0.3, -0.25) is 4.79 Å². The number of carbonyl (C=O) groups excluding carboxylic acids is 1. The SMILES string of the molecule is C=C1CC[C@H](O[Si](C)(C)C(C)(C)C)C/C1=C/C=C1CCC[C@@]2(C)C1CC[C@@H]2[C@H](C)CCC(=O)C(C)C. The molecule has 0 aliphatic heterocycles. The second-order valence-corrected chi connectivity index (χ2v) is 19.3. The number of hydrogen-bond acceptors (Lipinski definition) is 2. The van der Waals surface area contributed by atoms with Crippen LogP contribution in [0.3, 0.4) is 0 Å². The molecule has 0 amide bonds. The number of hydrogen-bond donors (Lipinski definition) is 0. The summed E-state index contributed by atoms with van der Waals surface area (Å²) < 4.78 is 6.81. The van der Waals surface area contributed by atoms with Crippen molar-refractivity contribution in [1.82, 2.24) is 0 Å². The Kier molecular flexibility index (Phi) is 9.41. The van der Waals surface area contributed by atoms with E-state index in [0.29, 0.717) is 29.1 Å². The molecule has 204 valence electrons. The van der Waals surface area contributed by atoms with Crippen molar-refractivity contribution in [3.8, 4) is 0 Å². The molecule has 1 unspecified atom stereocenters. The van der Waals surface area contributed by atoms with Gasteiger partial charge in [0.05, 0.1) is 0 Å². The molecule has 3 aliphatic rings. The fraction of sp³-hybridized carbons (Fsp3) is 0.788. The molecule has 3 aliphatic carbocycles. The van der Waals surface area contributed by atoms with Crippen LogP contribution in [0.5, 0.6) is 0 Å². The van der Waals surface area contributed by atoms with Crippen LogP contribution < -0.4 is 0 Å². The summed E-state index contributed by atoms with van der Waals surface area (Å²) >= 11 is 0. The minimum absolute atomic E-state index is 0.169. The number of carbonyl (C=O) groups is 1. The van der Waals surface area contributed by atoms with Crippen LogP contribution in [0.15, 0.2) is 35.5 Å². The van der Waals surface area contributed by atoms with Crippen LogP contribution in [0.1, 0.15) is 113 Å². The first-order valence-electron chi connectivity index (χ1n) is 14.9. The lowest BCUT2D eigenvalue weighted by molar-refractivity contribution is -0.122. The van der Waals surface area contributed by atoms with E-state index < -0.39 is 8.32 Å². The molecule has 3 heteroatoms. The highest BCUT2D eigenvalue weighted by atomic mass is 28.4. The highest BCUT2D eigenvalue weighted by Crippen LogP contribution is 2.60. The summed E-state index contributed by atoms with van der Waals surface area (Å²) in [4.78, 5) is 12.3. The van der Waals surface area contributed by atoms with Gasteiger partial charge in [-0.2, -0.15) is 0 Å². The van der Waals surface area contributed by atoms with E-state index >= 15 is 0 Å². The van der Waals surface area contributed by atoms with Gasteiger partial charge < -0.3 is 4.43 Å². The summed E-state index contributed by atoms with van der Waals surface area (Å²) in [6.45, 7) is 25.2. The molecular weight excluding hydrogens is 456 g/mol. The average Bonchev–Trinajstić information content (AvgIpc) is 3.14. The Morgan fingerprint density at radius 1 is 1.14 bits per heavy atom. The maximum Gasteiger partial charge on any atom is 0.192 e. The molecule has 5 atom stereocenters. The summed E-state index contributed by atoms with van der Waals surface area (Å²) in [5, 5.41) is 0.248. The third-order valence-corrected chi connectivity index (χ3v) is 15.2. The van der Waals surface area contributed by atoms with Crippen LogP contribution in [-0.2, 0) is 9.22 Å². The van der Waals surface area contributed by atoms with Gasteiger partial charge in [-0.05, 0) is 105 Å². The van der Waals surface area contributed by atoms with Gasteiger partial charge in [0.1, 0.15) is 5.78 Å². The zero-order valence-electron chi connectivity index (χ0n) is 25.1. The molecule has 0 saturated heterocycles. The zero-order valence-corrected chi connectivity index (χ0v) is 26.1. The minimum atomic E-state index is -1.76. The molecule has 0 aromatic rings. The number of allylic oxidation sites excluding steroid dienone is 4. The van der Waals surface area contributed by atoms with Gasteiger partial charge >= 0.3 is 0 Å². The second-order valence-electron chi connectivity index (χ2n) is 14.5. The van der Waals surface area contributed by atoms with Crippen LogP contribution in [-0.4, -0.2) is 20.2 Å². The third kappa shape index (κ3) is 6.55. The monoisotopic (exact) mass is 512 g/mol. The molecule has 3 rings (SSSR count). The van der Waals surface area contributed by atoms with Crippen molar-refractivity contribution in [2.24, 2.45) is 29.1 Å². The maximum absolute atomic E-state index is 12.3. The summed E-state index contributed by atoms with van der Waals surface area (Å²) in [6.07, 6.45) is 16.8. The molecule has 0 spiro atoms. The Morgan fingerprint density at radius 2 is 1.83 bits per heavy atom. The molecule has 0 heterocycles. The fourth-order valence-electron chi connectivity index (χ4n) is 7.15. The quantitative estimate of drug-likeness (QED) is 0.302. The Morgan fingerprint density at radius 3 is 2.47 bits per heavy atom. The van der Waals surface area contributed by atoms with E-state index in [4.69, 9.17) is 4.43 Å². The molecule has 3 saturated carbocycles. The molecule has 0 N–H and O–H groups in total. The van der Waals surface area contributed by atoms with E-state index in [1.807, 2.05) is 13.8 Å². The van der Waals surface area contributed by atoms with Gasteiger partial charge in [0.2, 0.25) is 0 Å². The fourth-order valence-corrected chi connectivity index (χ4v) is 8.54. The Labute approximate surface area is 224 Å². The molecular formula is C33H56O2Si. The van der Waals surface area contributed by atoms with Crippen LogP contribution in [0, 0.1) is 29.1 Å². The molecule has 3 fully saturated rings. The maximum atomic E-state index is 12.3. The van der Waals surface area contributed by atoms with E-state index in [2.05, 4.69) is 66.4 Å². The summed E-state index contributed by atoms with van der Waals surface area (Å²) in [5.41, 5.74) is 4.79. The van der Waals surface area contributed by atoms with Gasteiger partial charge in [0, 0.05) is 18.4 Å². The lowest BCUT2D eigenvalue weighted by atomic mass is 9.60. The molecule has 0 radical (unpaired) electrons. The highest BCUT2D eigenvalue weighted by Gasteiger charge is 2.50. The van der Waals surface area contributed by atoms with E-state index in [9.17, 15) is 4.79 Å². The Balaban J connectivity index is 1.71. The minimum Gasteiger partial charge on any atom is -0.414 e. The molecule has 2 nitrogen and oxygen atoms in total. The van der Waals surface area contributed by atoms with Crippen LogP contribution in [0.2, 0.25) is 18.1 Å². The summed E-state index contributed by atoms with van der Waals surface area (Å²) in [6, 6.07) is 0.